The Morgan fingerprint density at radius 2 is 1.90 bits per heavy atom. The Labute approximate surface area is 237 Å². The van der Waals surface area contributed by atoms with Gasteiger partial charge in [-0.2, -0.15) is 4.98 Å². The van der Waals surface area contributed by atoms with Crippen LogP contribution < -0.4 is 0 Å². The third-order valence-electron chi connectivity index (χ3n) is 7.12. The minimum atomic E-state index is -1.20. The van der Waals surface area contributed by atoms with Gasteiger partial charge in [-0.15, -0.1) is 11.3 Å². The number of nitrogens with zero attached hydrogens (tertiary/aromatic N) is 3. The van der Waals surface area contributed by atoms with Crippen molar-refractivity contribution in [2.24, 2.45) is 5.92 Å². The van der Waals surface area contributed by atoms with Crippen LogP contribution in [0.5, 0.6) is 0 Å². The molecule has 0 radical (unpaired) electrons. The van der Waals surface area contributed by atoms with Gasteiger partial charge >= 0.3 is 6.16 Å². The molecule has 1 N–H and O–H groups in total. The monoisotopic (exact) mass is 565 g/mol. The van der Waals surface area contributed by atoms with Crippen molar-refractivity contribution < 1.29 is 19.2 Å². The SMILES string of the molecule is CC(C)Cc1ccc(-c2nc(-c3ccc(CN4CCC(Cc5cccs5)(OC(=O)O)CC4)cc3)no2)cc1Cl. The van der Waals surface area contributed by atoms with E-state index in [4.69, 9.17) is 20.9 Å². The molecule has 1 saturated heterocycles. The van der Waals surface area contributed by atoms with Crippen molar-refractivity contribution in [1.29, 1.82) is 0 Å². The average Bonchev–Trinajstić information content (AvgIpc) is 3.59. The summed E-state index contributed by atoms with van der Waals surface area (Å²) in [6.45, 7) is 6.66. The van der Waals surface area contributed by atoms with Crippen molar-refractivity contribution >= 4 is 29.1 Å². The number of aromatic nitrogens is 2. The second-order valence-electron chi connectivity index (χ2n) is 10.6. The summed E-state index contributed by atoms with van der Waals surface area (Å²) in [5, 5.41) is 16.2. The van der Waals surface area contributed by atoms with E-state index in [0.717, 1.165) is 47.6 Å². The van der Waals surface area contributed by atoms with E-state index in [0.29, 0.717) is 41.9 Å². The molecule has 1 fully saturated rings. The van der Waals surface area contributed by atoms with Crippen LogP contribution in [0.3, 0.4) is 0 Å². The van der Waals surface area contributed by atoms with E-state index in [1.165, 1.54) is 5.56 Å². The zero-order chi connectivity index (χ0) is 27.4. The van der Waals surface area contributed by atoms with Crippen molar-refractivity contribution in [1.82, 2.24) is 15.0 Å². The number of ether oxygens (including phenoxy) is 1. The molecule has 0 amide bonds. The summed E-state index contributed by atoms with van der Waals surface area (Å²) in [5.74, 6) is 1.49. The van der Waals surface area contributed by atoms with E-state index in [-0.39, 0.29) is 0 Å². The highest BCUT2D eigenvalue weighted by atomic mass is 35.5. The lowest BCUT2D eigenvalue weighted by molar-refractivity contribution is -0.0566. The number of carboxylic acid groups (broad SMARTS) is 1. The van der Waals surface area contributed by atoms with Gasteiger partial charge in [-0.3, -0.25) is 4.90 Å². The Bertz CT molecular complexity index is 1390. The standard InChI is InChI=1S/C30H32ClN3O4S/c1-20(2)16-23-9-10-24(17-26(23)31)28-32-27(33-38-28)22-7-5-21(6-8-22)19-34-13-11-30(12-14-34,37-29(35)36)18-25-4-3-15-39-25/h3-10,15,17,20H,11-14,16,18-19H2,1-2H3,(H,35,36). The van der Waals surface area contributed by atoms with Crippen LogP contribution in [0.25, 0.3) is 22.8 Å². The number of piperidine rings is 1. The van der Waals surface area contributed by atoms with Crippen LogP contribution in [0, 0.1) is 5.92 Å². The lowest BCUT2D eigenvalue weighted by atomic mass is 9.87. The second kappa shape index (κ2) is 11.9. The predicted molar refractivity (Wildman–Crippen MR) is 153 cm³/mol. The predicted octanol–water partition coefficient (Wildman–Crippen LogP) is 7.59. The first kappa shape index (κ1) is 27.4. The molecule has 9 heteroatoms. The molecule has 39 heavy (non-hydrogen) atoms. The highest BCUT2D eigenvalue weighted by molar-refractivity contribution is 7.09. The molecular weight excluding hydrogens is 534 g/mol. The fourth-order valence-electron chi connectivity index (χ4n) is 5.11. The normalized spacial score (nSPS) is 15.5. The fraction of sp³-hybridized carbons (Fsp3) is 0.367. The quantitative estimate of drug-likeness (QED) is 0.209. The number of rotatable bonds is 9. The summed E-state index contributed by atoms with van der Waals surface area (Å²) in [5.41, 5.74) is 3.29. The maximum atomic E-state index is 11.4. The molecule has 2 aromatic heterocycles. The molecule has 0 spiro atoms. The topological polar surface area (TPSA) is 88.7 Å². The molecule has 2 aromatic carbocycles. The number of likely N-dealkylation sites (tertiary alicyclic amines) is 1. The van der Waals surface area contributed by atoms with Gasteiger partial charge in [0.1, 0.15) is 5.60 Å². The van der Waals surface area contributed by atoms with Gasteiger partial charge < -0.3 is 14.4 Å². The number of hydrogen-bond donors (Lipinski definition) is 1. The van der Waals surface area contributed by atoms with Gasteiger partial charge in [0.15, 0.2) is 0 Å². The Kier molecular flexibility index (Phi) is 8.35. The largest absolute Gasteiger partial charge is 0.506 e. The zero-order valence-electron chi connectivity index (χ0n) is 22.1. The first-order valence-electron chi connectivity index (χ1n) is 13.2. The number of thiophene rings is 1. The summed E-state index contributed by atoms with van der Waals surface area (Å²) in [4.78, 5) is 19.5. The Morgan fingerprint density at radius 1 is 1.15 bits per heavy atom. The van der Waals surface area contributed by atoms with Gasteiger partial charge in [0.25, 0.3) is 5.89 Å². The highest BCUT2D eigenvalue weighted by Gasteiger charge is 2.38. The van der Waals surface area contributed by atoms with Crippen molar-refractivity contribution in [3.8, 4) is 22.8 Å². The van der Waals surface area contributed by atoms with Gasteiger partial charge in [0, 0.05) is 59.9 Å². The lowest BCUT2D eigenvalue weighted by Crippen LogP contribution is -2.48. The maximum Gasteiger partial charge on any atom is 0.506 e. The number of hydrogen-bond acceptors (Lipinski definition) is 7. The van der Waals surface area contributed by atoms with Crippen molar-refractivity contribution in [3.05, 3.63) is 81.0 Å². The van der Waals surface area contributed by atoms with Crippen LogP contribution in [0.2, 0.25) is 5.02 Å². The van der Waals surface area contributed by atoms with E-state index in [2.05, 4.69) is 41.0 Å². The minimum Gasteiger partial charge on any atom is -0.450 e. The van der Waals surface area contributed by atoms with Gasteiger partial charge in [-0.25, -0.2) is 4.79 Å². The Hall–Kier alpha value is -3.20. The van der Waals surface area contributed by atoms with Crippen LogP contribution in [-0.2, 0) is 24.1 Å². The van der Waals surface area contributed by atoms with Gasteiger partial charge in [-0.1, -0.05) is 67.0 Å². The molecule has 5 rings (SSSR count). The zero-order valence-corrected chi connectivity index (χ0v) is 23.7. The molecule has 204 valence electrons. The molecule has 0 unspecified atom stereocenters. The molecule has 7 nitrogen and oxygen atoms in total. The second-order valence-corrected chi connectivity index (χ2v) is 12.0. The number of benzene rings is 2. The summed E-state index contributed by atoms with van der Waals surface area (Å²) in [7, 11) is 0. The van der Waals surface area contributed by atoms with Crippen LogP contribution in [0.15, 0.2) is 64.5 Å². The Morgan fingerprint density at radius 3 is 2.54 bits per heavy atom. The van der Waals surface area contributed by atoms with Gasteiger partial charge in [0.2, 0.25) is 5.82 Å². The molecule has 4 aromatic rings. The first-order chi connectivity index (χ1) is 18.8. The van der Waals surface area contributed by atoms with Crippen molar-refractivity contribution in [2.45, 2.75) is 51.7 Å². The van der Waals surface area contributed by atoms with Crippen molar-refractivity contribution in [2.75, 3.05) is 13.1 Å². The Balaban J connectivity index is 1.20. The summed E-state index contributed by atoms with van der Waals surface area (Å²) in [6.07, 6.45) is 1.68. The minimum absolute atomic E-state index is 0.440. The first-order valence-corrected chi connectivity index (χ1v) is 14.4. The van der Waals surface area contributed by atoms with Crippen molar-refractivity contribution in [3.63, 3.8) is 0 Å². The van der Waals surface area contributed by atoms with E-state index in [1.807, 2.05) is 47.8 Å². The number of carbonyl (C=O) groups is 1. The van der Waals surface area contributed by atoms with E-state index >= 15 is 0 Å². The highest BCUT2D eigenvalue weighted by Crippen LogP contribution is 2.33. The van der Waals surface area contributed by atoms with E-state index < -0.39 is 11.8 Å². The molecule has 3 heterocycles. The number of halogens is 1. The molecule has 0 bridgehead atoms. The third kappa shape index (κ3) is 6.87. The van der Waals surface area contributed by atoms with E-state index in [1.54, 1.807) is 11.3 Å². The average molecular weight is 566 g/mol. The lowest BCUT2D eigenvalue weighted by Gasteiger charge is -2.40. The molecule has 0 atom stereocenters. The molecule has 1 aliphatic heterocycles. The van der Waals surface area contributed by atoms with Crippen LogP contribution in [-0.4, -0.2) is 45.0 Å². The van der Waals surface area contributed by atoms with E-state index in [9.17, 15) is 9.90 Å². The summed E-state index contributed by atoms with van der Waals surface area (Å²) in [6, 6.07) is 18.1. The van der Waals surface area contributed by atoms with Gasteiger partial charge in [-0.05, 0) is 47.0 Å². The third-order valence-corrected chi connectivity index (χ3v) is 8.35. The molecule has 0 aliphatic carbocycles. The van der Waals surface area contributed by atoms with Crippen LogP contribution in [0.4, 0.5) is 4.79 Å². The van der Waals surface area contributed by atoms with Crippen LogP contribution >= 0.6 is 22.9 Å². The van der Waals surface area contributed by atoms with Gasteiger partial charge in [0.05, 0.1) is 0 Å². The molecular formula is C30H32ClN3O4S. The summed E-state index contributed by atoms with van der Waals surface area (Å²) < 4.78 is 11.0. The summed E-state index contributed by atoms with van der Waals surface area (Å²) >= 11 is 8.13. The smallest absolute Gasteiger partial charge is 0.450 e. The van der Waals surface area contributed by atoms with Crippen LogP contribution in [0.1, 0.15) is 42.7 Å². The molecule has 1 aliphatic rings. The fourth-order valence-corrected chi connectivity index (χ4v) is 6.20. The maximum absolute atomic E-state index is 11.4. The molecule has 0 saturated carbocycles.